The van der Waals surface area contributed by atoms with Crippen LogP contribution in [0, 0.1) is 12.7 Å². The number of aryl methyl sites for hydroxylation is 1. The molecule has 0 atom stereocenters. The minimum atomic E-state index is -0.229. The number of hydrogen-bond donors (Lipinski definition) is 1. The number of piperazine rings is 1. The van der Waals surface area contributed by atoms with Crippen LogP contribution < -0.4 is 10.2 Å². The lowest BCUT2D eigenvalue weighted by Gasteiger charge is -2.35. The summed E-state index contributed by atoms with van der Waals surface area (Å²) < 4.78 is 17.9. The number of hydrogen-bond acceptors (Lipinski definition) is 5. The van der Waals surface area contributed by atoms with Gasteiger partial charge in [0.25, 0.3) is 0 Å². The molecule has 7 heteroatoms. The number of anilines is 2. The maximum absolute atomic E-state index is 13.0. The molecule has 6 nitrogen and oxygen atoms in total. The zero-order valence-electron chi connectivity index (χ0n) is 13.0. The second-order valence-corrected chi connectivity index (χ2v) is 5.61. The first-order valence-corrected chi connectivity index (χ1v) is 7.56. The van der Waals surface area contributed by atoms with E-state index in [-0.39, 0.29) is 11.7 Å². The van der Waals surface area contributed by atoms with Gasteiger partial charge in [0, 0.05) is 37.9 Å². The molecule has 23 heavy (non-hydrogen) atoms. The summed E-state index contributed by atoms with van der Waals surface area (Å²) in [5.74, 6) is 0.770. The summed E-state index contributed by atoms with van der Waals surface area (Å²) >= 11 is 0. The summed E-state index contributed by atoms with van der Waals surface area (Å²) in [4.78, 5) is 16.3. The molecule has 1 fully saturated rings. The maximum atomic E-state index is 13.0. The minimum absolute atomic E-state index is 0.103. The van der Waals surface area contributed by atoms with Crippen molar-refractivity contribution in [3.63, 3.8) is 0 Å². The van der Waals surface area contributed by atoms with Crippen molar-refractivity contribution < 1.29 is 13.7 Å². The number of carbonyl (C=O) groups is 1. The van der Waals surface area contributed by atoms with Crippen molar-refractivity contribution >= 4 is 17.4 Å². The highest BCUT2D eigenvalue weighted by molar-refractivity contribution is 5.91. The van der Waals surface area contributed by atoms with Crippen molar-refractivity contribution in [2.45, 2.75) is 6.92 Å². The number of benzene rings is 1. The molecule has 0 bridgehead atoms. The Morgan fingerprint density at radius 2 is 1.96 bits per heavy atom. The normalized spacial score (nSPS) is 15.7. The molecule has 0 radical (unpaired) electrons. The fourth-order valence-electron chi connectivity index (χ4n) is 2.63. The lowest BCUT2D eigenvalue weighted by atomic mass is 10.2. The van der Waals surface area contributed by atoms with Crippen molar-refractivity contribution in [1.82, 2.24) is 10.1 Å². The van der Waals surface area contributed by atoms with Crippen molar-refractivity contribution in [3.8, 4) is 0 Å². The van der Waals surface area contributed by atoms with E-state index in [0.717, 1.165) is 31.9 Å². The Morgan fingerprint density at radius 1 is 1.26 bits per heavy atom. The van der Waals surface area contributed by atoms with Crippen LogP contribution in [-0.2, 0) is 4.79 Å². The van der Waals surface area contributed by atoms with E-state index < -0.39 is 0 Å². The van der Waals surface area contributed by atoms with E-state index in [9.17, 15) is 9.18 Å². The molecule has 3 rings (SSSR count). The fourth-order valence-corrected chi connectivity index (χ4v) is 2.63. The largest absolute Gasteiger partial charge is 0.369 e. The second-order valence-electron chi connectivity index (χ2n) is 5.61. The minimum Gasteiger partial charge on any atom is -0.369 e. The number of amides is 1. The van der Waals surface area contributed by atoms with Gasteiger partial charge in [-0.05, 0) is 31.2 Å². The van der Waals surface area contributed by atoms with Gasteiger partial charge in [-0.15, -0.1) is 0 Å². The van der Waals surface area contributed by atoms with Gasteiger partial charge in [0.1, 0.15) is 11.6 Å². The zero-order chi connectivity index (χ0) is 16.2. The van der Waals surface area contributed by atoms with Gasteiger partial charge in [-0.25, -0.2) is 4.39 Å². The summed E-state index contributed by atoms with van der Waals surface area (Å²) in [5.41, 5.74) is 1.01. The Labute approximate surface area is 133 Å². The van der Waals surface area contributed by atoms with E-state index in [4.69, 9.17) is 4.52 Å². The number of aromatic nitrogens is 1. The number of halogens is 1. The van der Waals surface area contributed by atoms with E-state index in [1.807, 2.05) is 0 Å². The average molecular weight is 318 g/mol. The molecule has 0 aliphatic carbocycles. The Hall–Kier alpha value is -2.41. The molecular formula is C16H19FN4O2. The van der Waals surface area contributed by atoms with Gasteiger partial charge >= 0.3 is 0 Å². The molecule has 2 heterocycles. The Morgan fingerprint density at radius 3 is 2.57 bits per heavy atom. The third-order valence-electron chi connectivity index (χ3n) is 3.83. The van der Waals surface area contributed by atoms with Gasteiger partial charge in [0.05, 0.1) is 6.54 Å². The van der Waals surface area contributed by atoms with E-state index in [0.29, 0.717) is 18.1 Å². The van der Waals surface area contributed by atoms with E-state index in [1.165, 1.54) is 12.1 Å². The van der Waals surface area contributed by atoms with Crippen LogP contribution in [0.25, 0.3) is 0 Å². The lowest BCUT2D eigenvalue weighted by Crippen LogP contribution is -2.48. The molecule has 1 aliphatic heterocycles. The monoisotopic (exact) mass is 318 g/mol. The van der Waals surface area contributed by atoms with Gasteiger partial charge in [-0.1, -0.05) is 5.16 Å². The molecule has 1 N–H and O–H groups in total. The lowest BCUT2D eigenvalue weighted by molar-refractivity contribution is -0.117. The third kappa shape index (κ3) is 4.07. The van der Waals surface area contributed by atoms with Crippen LogP contribution in [0.3, 0.4) is 0 Å². The van der Waals surface area contributed by atoms with Crippen LogP contribution in [0.1, 0.15) is 5.76 Å². The van der Waals surface area contributed by atoms with Crippen LogP contribution in [0.4, 0.5) is 15.9 Å². The summed E-state index contributed by atoms with van der Waals surface area (Å²) in [6.07, 6.45) is 0. The molecule has 1 aliphatic rings. The highest BCUT2D eigenvalue weighted by Crippen LogP contribution is 2.17. The second kappa shape index (κ2) is 6.78. The van der Waals surface area contributed by atoms with Crippen molar-refractivity contribution in [1.29, 1.82) is 0 Å². The Balaban J connectivity index is 1.47. The number of rotatable bonds is 4. The Bertz CT molecular complexity index is 663. The van der Waals surface area contributed by atoms with Gasteiger partial charge < -0.3 is 14.7 Å². The first-order valence-electron chi connectivity index (χ1n) is 7.56. The van der Waals surface area contributed by atoms with Crippen LogP contribution in [0.2, 0.25) is 0 Å². The molecule has 0 unspecified atom stereocenters. The number of carbonyl (C=O) groups excluding carboxylic acids is 1. The summed E-state index contributed by atoms with van der Waals surface area (Å²) in [5, 5.41) is 6.46. The summed E-state index contributed by atoms with van der Waals surface area (Å²) in [7, 11) is 0. The standard InChI is InChI=1S/C16H19FN4O2/c1-12-10-15(19-23-12)18-16(22)11-20-6-8-21(9-7-20)14-4-2-13(17)3-5-14/h2-5,10H,6-9,11H2,1H3,(H,18,19,22). The SMILES string of the molecule is Cc1cc(NC(=O)CN2CCN(c3ccc(F)cc3)CC2)no1. The number of nitrogens with one attached hydrogen (secondary N) is 1. The van der Waals surface area contributed by atoms with Crippen molar-refractivity contribution in [3.05, 3.63) is 41.9 Å². The molecule has 0 spiro atoms. The first kappa shape index (κ1) is 15.5. The maximum Gasteiger partial charge on any atom is 0.239 e. The first-order chi connectivity index (χ1) is 11.1. The quantitative estimate of drug-likeness (QED) is 0.933. The van der Waals surface area contributed by atoms with E-state index in [2.05, 4.69) is 20.3 Å². The molecule has 1 aromatic carbocycles. The summed E-state index contributed by atoms with van der Waals surface area (Å²) in [6.45, 7) is 5.27. The van der Waals surface area contributed by atoms with Gasteiger partial charge in [-0.2, -0.15) is 0 Å². The third-order valence-corrected chi connectivity index (χ3v) is 3.83. The van der Waals surface area contributed by atoms with Crippen LogP contribution in [-0.4, -0.2) is 48.7 Å². The predicted molar refractivity (Wildman–Crippen MR) is 84.9 cm³/mol. The highest BCUT2D eigenvalue weighted by Gasteiger charge is 2.19. The molecule has 122 valence electrons. The van der Waals surface area contributed by atoms with Crippen LogP contribution in [0.5, 0.6) is 0 Å². The van der Waals surface area contributed by atoms with E-state index in [1.54, 1.807) is 25.1 Å². The van der Waals surface area contributed by atoms with Crippen LogP contribution >= 0.6 is 0 Å². The topological polar surface area (TPSA) is 61.6 Å². The summed E-state index contributed by atoms with van der Waals surface area (Å²) in [6, 6.07) is 8.18. The fraction of sp³-hybridized carbons (Fsp3) is 0.375. The highest BCUT2D eigenvalue weighted by atomic mass is 19.1. The molecular weight excluding hydrogens is 299 g/mol. The van der Waals surface area contributed by atoms with Crippen LogP contribution in [0.15, 0.2) is 34.9 Å². The zero-order valence-corrected chi connectivity index (χ0v) is 13.0. The molecule has 1 saturated heterocycles. The smallest absolute Gasteiger partial charge is 0.239 e. The van der Waals surface area contributed by atoms with Gasteiger partial charge in [0.2, 0.25) is 5.91 Å². The molecule has 1 aromatic heterocycles. The van der Waals surface area contributed by atoms with E-state index >= 15 is 0 Å². The molecule has 0 saturated carbocycles. The number of nitrogens with zero attached hydrogens (tertiary/aromatic N) is 3. The van der Waals surface area contributed by atoms with Crippen molar-refractivity contribution in [2.24, 2.45) is 0 Å². The van der Waals surface area contributed by atoms with Crippen molar-refractivity contribution in [2.75, 3.05) is 42.9 Å². The average Bonchev–Trinajstić information content (AvgIpc) is 2.94. The van der Waals surface area contributed by atoms with Gasteiger partial charge in [-0.3, -0.25) is 9.69 Å². The Kier molecular flexibility index (Phi) is 4.57. The molecule has 2 aromatic rings. The molecule has 1 amide bonds. The predicted octanol–water partition coefficient (Wildman–Crippen LogP) is 1.88. The van der Waals surface area contributed by atoms with Gasteiger partial charge in [0.15, 0.2) is 5.82 Å².